The molecule has 0 unspecified atom stereocenters. The summed E-state index contributed by atoms with van der Waals surface area (Å²) >= 11 is 0. The molecule has 1 aromatic rings. The van der Waals surface area contributed by atoms with Crippen LogP contribution in [-0.4, -0.2) is 27.3 Å². The number of carbonyl (C=O) groups is 1. The molecule has 0 atom stereocenters. The number of nitrogens with zero attached hydrogens (tertiary/aromatic N) is 2. The van der Waals surface area contributed by atoms with Gasteiger partial charge in [0.05, 0.1) is 6.07 Å². The van der Waals surface area contributed by atoms with Gasteiger partial charge in [-0.2, -0.15) is 4.39 Å². The van der Waals surface area contributed by atoms with E-state index in [2.05, 4.69) is 9.72 Å². The molecular formula is C7H2F4N2O5. The topological polar surface area (TPSA) is 103 Å². The van der Waals surface area contributed by atoms with Crippen molar-refractivity contribution in [3.05, 3.63) is 27.7 Å². The van der Waals surface area contributed by atoms with Crippen LogP contribution in [0.2, 0.25) is 0 Å². The molecule has 0 amide bonds. The summed E-state index contributed by atoms with van der Waals surface area (Å²) in [6, 6.07) is -0.00998. The SMILES string of the molecule is O=C(O)c1c(OC(F)(F)F)cc(F)nc1[N+](=O)[O-]. The first kappa shape index (κ1) is 13.6. The van der Waals surface area contributed by atoms with Gasteiger partial charge in [-0.3, -0.25) is 0 Å². The van der Waals surface area contributed by atoms with Gasteiger partial charge in [-0.15, -0.1) is 13.2 Å². The summed E-state index contributed by atoms with van der Waals surface area (Å²) in [5, 5.41) is 18.9. The molecule has 0 aliphatic heterocycles. The molecule has 1 aromatic heterocycles. The van der Waals surface area contributed by atoms with E-state index >= 15 is 0 Å². The molecule has 18 heavy (non-hydrogen) atoms. The van der Waals surface area contributed by atoms with Crippen molar-refractivity contribution in [1.29, 1.82) is 0 Å². The minimum atomic E-state index is -5.33. The molecule has 0 spiro atoms. The Kier molecular flexibility index (Phi) is 3.35. The summed E-state index contributed by atoms with van der Waals surface area (Å²) in [6.07, 6.45) is -5.33. The van der Waals surface area contributed by atoms with Crippen LogP contribution in [-0.2, 0) is 0 Å². The quantitative estimate of drug-likeness (QED) is 0.388. The molecule has 0 fully saturated rings. The molecule has 1 heterocycles. The molecule has 0 saturated carbocycles. The van der Waals surface area contributed by atoms with Crippen molar-refractivity contribution in [1.82, 2.24) is 4.98 Å². The fourth-order valence-electron chi connectivity index (χ4n) is 1.02. The number of nitro groups is 1. The zero-order valence-corrected chi connectivity index (χ0v) is 8.06. The first-order chi connectivity index (χ1) is 8.11. The van der Waals surface area contributed by atoms with E-state index in [0.29, 0.717) is 0 Å². The second-order valence-corrected chi connectivity index (χ2v) is 2.75. The fourth-order valence-corrected chi connectivity index (χ4v) is 1.02. The Morgan fingerprint density at radius 1 is 1.50 bits per heavy atom. The van der Waals surface area contributed by atoms with Crippen LogP contribution < -0.4 is 4.74 Å². The van der Waals surface area contributed by atoms with Gasteiger partial charge in [-0.25, -0.2) is 4.79 Å². The fraction of sp³-hybridized carbons (Fsp3) is 0.143. The van der Waals surface area contributed by atoms with Crippen LogP contribution in [0.15, 0.2) is 6.07 Å². The zero-order chi connectivity index (χ0) is 14.1. The number of pyridine rings is 1. The van der Waals surface area contributed by atoms with E-state index in [1.807, 2.05) is 0 Å². The van der Waals surface area contributed by atoms with Crippen LogP contribution in [0.4, 0.5) is 23.4 Å². The van der Waals surface area contributed by atoms with Gasteiger partial charge in [0.25, 0.3) is 0 Å². The number of alkyl halides is 3. The molecule has 0 aliphatic carbocycles. The predicted molar refractivity (Wildman–Crippen MR) is 44.5 cm³/mol. The van der Waals surface area contributed by atoms with Gasteiger partial charge in [-0.05, 0) is 9.91 Å². The van der Waals surface area contributed by atoms with Crippen molar-refractivity contribution >= 4 is 11.8 Å². The first-order valence-electron chi connectivity index (χ1n) is 3.96. The lowest BCUT2D eigenvalue weighted by molar-refractivity contribution is -0.390. The Bertz CT molecular complexity index is 515. The molecule has 11 heteroatoms. The molecule has 98 valence electrons. The average molecular weight is 270 g/mol. The van der Waals surface area contributed by atoms with Crippen molar-refractivity contribution in [2.75, 3.05) is 0 Å². The van der Waals surface area contributed by atoms with E-state index in [9.17, 15) is 32.5 Å². The van der Waals surface area contributed by atoms with Crippen molar-refractivity contribution in [3.8, 4) is 5.75 Å². The number of rotatable bonds is 3. The van der Waals surface area contributed by atoms with E-state index in [0.717, 1.165) is 0 Å². The average Bonchev–Trinajstić information content (AvgIpc) is 2.12. The molecular weight excluding hydrogens is 268 g/mol. The van der Waals surface area contributed by atoms with Gasteiger partial charge in [-0.1, -0.05) is 0 Å². The number of aromatic nitrogens is 1. The van der Waals surface area contributed by atoms with Crippen LogP contribution in [0.5, 0.6) is 5.75 Å². The predicted octanol–water partition coefficient (Wildman–Crippen LogP) is 1.73. The van der Waals surface area contributed by atoms with Crippen LogP contribution >= 0.6 is 0 Å². The lowest BCUT2D eigenvalue weighted by Gasteiger charge is -2.10. The highest BCUT2D eigenvalue weighted by Crippen LogP contribution is 2.31. The van der Waals surface area contributed by atoms with E-state index < -0.39 is 40.3 Å². The third-order valence-corrected chi connectivity index (χ3v) is 1.55. The lowest BCUT2D eigenvalue weighted by atomic mass is 10.2. The normalized spacial score (nSPS) is 11.1. The summed E-state index contributed by atoms with van der Waals surface area (Å²) < 4.78 is 51.7. The number of carboxylic acids is 1. The summed E-state index contributed by atoms with van der Waals surface area (Å²) in [5.41, 5.74) is -1.49. The van der Waals surface area contributed by atoms with Crippen LogP contribution in [0.3, 0.4) is 0 Å². The highest BCUT2D eigenvalue weighted by molar-refractivity contribution is 5.94. The minimum Gasteiger partial charge on any atom is -0.477 e. The maximum atomic E-state index is 12.8. The second kappa shape index (κ2) is 4.43. The molecule has 7 nitrogen and oxygen atoms in total. The molecule has 0 saturated heterocycles. The largest absolute Gasteiger partial charge is 0.573 e. The minimum absolute atomic E-state index is 0.00998. The Morgan fingerprint density at radius 3 is 2.44 bits per heavy atom. The monoisotopic (exact) mass is 270 g/mol. The number of ether oxygens (including phenoxy) is 1. The van der Waals surface area contributed by atoms with Crippen LogP contribution in [0, 0.1) is 16.1 Å². The highest BCUT2D eigenvalue weighted by Gasteiger charge is 2.37. The molecule has 0 radical (unpaired) electrons. The van der Waals surface area contributed by atoms with Crippen molar-refractivity contribution in [2.24, 2.45) is 0 Å². The van der Waals surface area contributed by atoms with Gasteiger partial charge >= 0.3 is 24.1 Å². The zero-order valence-electron chi connectivity index (χ0n) is 8.06. The van der Waals surface area contributed by atoms with Gasteiger partial charge in [0.1, 0.15) is 0 Å². The summed E-state index contributed by atoms with van der Waals surface area (Å²) in [6.45, 7) is 0. The molecule has 1 N–H and O–H groups in total. The summed E-state index contributed by atoms with van der Waals surface area (Å²) in [5.74, 6) is -6.91. The number of aromatic carboxylic acids is 1. The van der Waals surface area contributed by atoms with Crippen molar-refractivity contribution in [3.63, 3.8) is 0 Å². The number of hydrogen-bond acceptors (Lipinski definition) is 5. The van der Waals surface area contributed by atoms with E-state index in [1.165, 1.54) is 0 Å². The molecule has 0 bridgehead atoms. The third kappa shape index (κ3) is 3.02. The van der Waals surface area contributed by atoms with Crippen LogP contribution in [0.1, 0.15) is 10.4 Å². The Hall–Kier alpha value is -2.46. The molecule has 0 aliphatic rings. The van der Waals surface area contributed by atoms with Gasteiger partial charge in [0.2, 0.25) is 0 Å². The Morgan fingerprint density at radius 2 is 2.06 bits per heavy atom. The summed E-state index contributed by atoms with van der Waals surface area (Å²) in [4.78, 5) is 22.2. The third-order valence-electron chi connectivity index (χ3n) is 1.55. The molecule has 1 rings (SSSR count). The Balaban J connectivity index is 3.49. The number of halogens is 4. The van der Waals surface area contributed by atoms with E-state index in [-0.39, 0.29) is 6.07 Å². The van der Waals surface area contributed by atoms with Crippen molar-refractivity contribution in [2.45, 2.75) is 6.36 Å². The standard InChI is InChI=1S/C7H2F4N2O5/c8-3-1-2(18-7(9,10)11)4(6(14)15)5(12-3)13(16)17/h1H,(H,14,15). The van der Waals surface area contributed by atoms with Gasteiger partial charge in [0.15, 0.2) is 11.3 Å². The number of hydrogen-bond donors (Lipinski definition) is 1. The lowest BCUT2D eigenvalue weighted by Crippen LogP contribution is -2.20. The Labute approximate surface area is 94.8 Å². The van der Waals surface area contributed by atoms with E-state index in [1.54, 1.807) is 0 Å². The van der Waals surface area contributed by atoms with Gasteiger partial charge in [0, 0.05) is 0 Å². The molecule has 0 aromatic carbocycles. The maximum Gasteiger partial charge on any atom is 0.573 e. The van der Waals surface area contributed by atoms with Crippen LogP contribution in [0.25, 0.3) is 0 Å². The van der Waals surface area contributed by atoms with Gasteiger partial charge < -0.3 is 20.0 Å². The van der Waals surface area contributed by atoms with E-state index in [4.69, 9.17) is 5.11 Å². The maximum absolute atomic E-state index is 12.8. The van der Waals surface area contributed by atoms with Crippen molar-refractivity contribution < 1.29 is 37.1 Å². The smallest absolute Gasteiger partial charge is 0.477 e. The highest BCUT2D eigenvalue weighted by atomic mass is 19.4. The first-order valence-corrected chi connectivity index (χ1v) is 3.96. The number of carboxylic acid groups (broad SMARTS) is 1. The summed E-state index contributed by atoms with van der Waals surface area (Å²) in [7, 11) is 0. The second-order valence-electron chi connectivity index (χ2n) is 2.75.